The lowest BCUT2D eigenvalue weighted by molar-refractivity contribution is 0.411. The van der Waals surface area contributed by atoms with E-state index in [-0.39, 0.29) is 6.04 Å². The molecular weight excluding hydrogens is 228 g/mol. The second-order valence-corrected chi connectivity index (χ2v) is 4.00. The average Bonchev–Trinajstić information content (AvgIpc) is 2.42. The number of methoxy groups -OCH3 is 1. The van der Waals surface area contributed by atoms with Gasteiger partial charge < -0.3 is 10.1 Å². The molecule has 0 bridgehead atoms. The van der Waals surface area contributed by atoms with Crippen LogP contribution < -0.4 is 10.1 Å². The Labute approximate surface area is 106 Å². The molecular formula is C13H16N4O. The summed E-state index contributed by atoms with van der Waals surface area (Å²) >= 11 is 0. The number of rotatable bonds is 4. The van der Waals surface area contributed by atoms with E-state index in [1.54, 1.807) is 31.9 Å². The average molecular weight is 244 g/mol. The molecule has 0 aliphatic rings. The molecule has 0 fully saturated rings. The Morgan fingerprint density at radius 2 is 1.89 bits per heavy atom. The molecule has 1 N–H and O–H groups in total. The Morgan fingerprint density at radius 1 is 1.17 bits per heavy atom. The maximum Gasteiger partial charge on any atom is 0.149 e. The van der Waals surface area contributed by atoms with Crippen molar-refractivity contribution in [1.29, 1.82) is 0 Å². The maximum absolute atomic E-state index is 5.17. The van der Waals surface area contributed by atoms with Crippen molar-refractivity contribution in [2.24, 2.45) is 0 Å². The molecule has 0 saturated heterocycles. The highest BCUT2D eigenvalue weighted by Gasteiger charge is 2.15. The lowest BCUT2D eigenvalue weighted by atomic mass is 10.1. The molecule has 2 aromatic heterocycles. The van der Waals surface area contributed by atoms with E-state index in [0.717, 1.165) is 22.7 Å². The molecule has 1 atom stereocenters. The van der Waals surface area contributed by atoms with Gasteiger partial charge in [-0.25, -0.2) is 9.97 Å². The monoisotopic (exact) mass is 244 g/mol. The molecule has 94 valence electrons. The van der Waals surface area contributed by atoms with Crippen molar-refractivity contribution in [3.8, 4) is 5.75 Å². The van der Waals surface area contributed by atoms with Crippen molar-refractivity contribution in [3.05, 3.63) is 47.8 Å². The van der Waals surface area contributed by atoms with Crippen molar-refractivity contribution in [3.63, 3.8) is 0 Å². The summed E-state index contributed by atoms with van der Waals surface area (Å²) in [4.78, 5) is 12.8. The summed E-state index contributed by atoms with van der Waals surface area (Å²) in [5.41, 5.74) is 2.01. The van der Waals surface area contributed by atoms with Crippen molar-refractivity contribution >= 4 is 0 Å². The number of aryl methyl sites for hydroxylation is 1. The number of hydrogen-bond donors (Lipinski definition) is 1. The van der Waals surface area contributed by atoms with Crippen LogP contribution in [0.25, 0.3) is 0 Å². The fourth-order valence-corrected chi connectivity index (χ4v) is 1.70. The van der Waals surface area contributed by atoms with Gasteiger partial charge in [0, 0.05) is 18.6 Å². The fourth-order valence-electron chi connectivity index (χ4n) is 1.70. The highest BCUT2D eigenvalue weighted by atomic mass is 16.5. The van der Waals surface area contributed by atoms with Gasteiger partial charge in [0.15, 0.2) is 0 Å². The first-order valence-electron chi connectivity index (χ1n) is 5.69. The number of nitrogens with zero attached hydrogens (tertiary/aromatic N) is 3. The van der Waals surface area contributed by atoms with Crippen LogP contribution in [-0.4, -0.2) is 29.1 Å². The third kappa shape index (κ3) is 2.62. The highest BCUT2D eigenvalue weighted by molar-refractivity contribution is 5.29. The van der Waals surface area contributed by atoms with Gasteiger partial charge in [-0.3, -0.25) is 4.98 Å². The van der Waals surface area contributed by atoms with Gasteiger partial charge in [-0.15, -0.1) is 0 Å². The summed E-state index contributed by atoms with van der Waals surface area (Å²) in [5, 5.41) is 3.18. The summed E-state index contributed by atoms with van der Waals surface area (Å²) in [7, 11) is 3.49. The number of aromatic nitrogens is 3. The zero-order valence-electron chi connectivity index (χ0n) is 10.7. The van der Waals surface area contributed by atoms with Crippen LogP contribution in [0.3, 0.4) is 0 Å². The van der Waals surface area contributed by atoms with Crippen LogP contribution in [0, 0.1) is 6.92 Å². The number of pyridine rings is 1. The molecule has 5 heteroatoms. The summed E-state index contributed by atoms with van der Waals surface area (Å²) in [6.45, 7) is 1.96. The third-order valence-electron chi connectivity index (χ3n) is 2.65. The standard InChI is InChI=1S/C13H16N4O/c1-9-5-16-13(17-6-9)12(14-2)10-4-11(18-3)8-15-7-10/h4-8,12,14H,1-3H3. The van der Waals surface area contributed by atoms with E-state index in [1.165, 1.54) is 0 Å². The molecule has 0 saturated carbocycles. The highest BCUT2D eigenvalue weighted by Crippen LogP contribution is 2.21. The van der Waals surface area contributed by atoms with Crippen LogP contribution in [0.15, 0.2) is 30.9 Å². The molecule has 2 heterocycles. The van der Waals surface area contributed by atoms with E-state index in [2.05, 4.69) is 20.3 Å². The van der Waals surface area contributed by atoms with Crippen molar-refractivity contribution < 1.29 is 4.74 Å². The van der Waals surface area contributed by atoms with Gasteiger partial charge >= 0.3 is 0 Å². The summed E-state index contributed by atoms with van der Waals surface area (Å²) in [6.07, 6.45) is 7.07. The summed E-state index contributed by atoms with van der Waals surface area (Å²) < 4.78 is 5.17. The predicted octanol–water partition coefficient (Wildman–Crippen LogP) is 1.50. The minimum Gasteiger partial charge on any atom is -0.495 e. The summed E-state index contributed by atoms with van der Waals surface area (Å²) in [6, 6.07) is 1.84. The first-order chi connectivity index (χ1) is 8.74. The van der Waals surface area contributed by atoms with E-state index in [1.807, 2.05) is 20.0 Å². The van der Waals surface area contributed by atoms with E-state index in [4.69, 9.17) is 4.74 Å². The topological polar surface area (TPSA) is 59.9 Å². The van der Waals surface area contributed by atoms with Crippen LogP contribution in [-0.2, 0) is 0 Å². The molecule has 5 nitrogen and oxygen atoms in total. The molecule has 2 rings (SSSR count). The summed E-state index contributed by atoms with van der Waals surface area (Å²) in [5.74, 6) is 1.44. The molecule has 1 unspecified atom stereocenters. The van der Waals surface area contributed by atoms with Crippen LogP contribution in [0.2, 0.25) is 0 Å². The largest absolute Gasteiger partial charge is 0.495 e. The first-order valence-corrected chi connectivity index (χ1v) is 5.69. The molecule has 0 radical (unpaired) electrons. The Morgan fingerprint density at radius 3 is 2.50 bits per heavy atom. The van der Waals surface area contributed by atoms with Gasteiger partial charge in [0.05, 0.1) is 19.3 Å². The normalized spacial score (nSPS) is 12.2. The first kappa shape index (κ1) is 12.4. The van der Waals surface area contributed by atoms with Gasteiger partial charge in [0.2, 0.25) is 0 Å². The smallest absolute Gasteiger partial charge is 0.149 e. The molecule has 2 aromatic rings. The van der Waals surface area contributed by atoms with E-state index < -0.39 is 0 Å². The third-order valence-corrected chi connectivity index (χ3v) is 2.65. The van der Waals surface area contributed by atoms with Gasteiger partial charge in [-0.1, -0.05) is 0 Å². The Hall–Kier alpha value is -2.01. The zero-order chi connectivity index (χ0) is 13.0. The van der Waals surface area contributed by atoms with Gasteiger partial charge in [0.25, 0.3) is 0 Å². The SMILES string of the molecule is CNC(c1cncc(OC)c1)c1ncc(C)cn1. The number of hydrogen-bond acceptors (Lipinski definition) is 5. The fraction of sp³-hybridized carbons (Fsp3) is 0.308. The van der Waals surface area contributed by atoms with Crippen molar-refractivity contribution in [2.45, 2.75) is 13.0 Å². The van der Waals surface area contributed by atoms with Crippen molar-refractivity contribution in [1.82, 2.24) is 20.3 Å². The van der Waals surface area contributed by atoms with Gasteiger partial charge in [0.1, 0.15) is 11.6 Å². The van der Waals surface area contributed by atoms with Gasteiger partial charge in [-0.05, 0) is 31.2 Å². The van der Waals surface area contributed by atoms with E-state index >= 15 is 0 Å². The van der Waals surface area contributed by atoms with Gasteiger partial charge in [-0.2, -0.15) is 0 Å². The minimum absolute atomic E-state index is 0.0896. The number of ether oxygens (including phenoxy) is 1. The second-order valence-electron chi connectivity index (χ2n) is 4.00. The van der Waals surface area contributed by atoms with Crippen LogP contribution in [0.1, 0.15) is 23.0 Å². The van der Waals surface area contributed by atoms with Crippen LogP contribution in [0.4, 0.5) is 0 Å². The molecule has 0 amide bonds. The Balaban J connectivity index is 2.35. The molecule has 0 aromatic carbocycles. The van der Waals surface area contributed by atoms with E-state index in [0.29, 0.717) is 0 Å². The molecule has 0 spiro atoms. The predicted molar refractivity (Wildman–Crippen MR) is 68.5 cm³/mol. The quantitative estimate of drug-likeness (QED) is 0.883. The zero-order valence-corrected chi connectivity index (χ0v) is 10.7. The lowest BCUT2D eigenvalue weighted by Crippen LogP contribution is -2.20. The second kappa shape index (κ2) is 5.55. The Bertz CT molecular complexity index is 513. The van der Waals surface area contributed by atoms with Crippen molar-refractivity contribution in [2.75, 3.05) is 14.2 Å². The molecule has 0 aliphatic carbocycles. The Kier molecular flexibility index (Phi) is 3.84. The number of nitrogens with one attached hydrogen (secondary N) is 1. The van der Waals surface area contributed by atoms with Crippen LogP contribution >= 0.6 is 0 Å². The minimum atomic E-state index is -0.0896. The van der Waals surface area contributed by atoms with Crippen LogP contribution in [0.5, 0.6) is 5.75 Å². The maximum atomic E-state index is 5.17. The lowest BCUT2D eigenvalue weighted by Gasteiger charge is -2.15. The van der Waals surface area contributed by atoms with E-state index in [9.17, 15) is 0 Å². The molecule has 0 aliphatic heterocycles. The molecule has 18 heavy (non-hydrogen) atoms.